The van der Waals surface area contributed by atoms with E-state index in [9.17, 15) is 4.79 Å². The molecule has 1 fully saturated rings. The van der Waals surface area contributed by atoms with Gasteiger partial charge in [0.1, 0.15) is 5.69 Å². The van der Waals surface area contributed by atoms with Gasteiger partial charge < -0.3 is 10.2 Å². The van der Waals surface area contributed by atoms with Crippen LogP contribution in [0.15, 0.2) is 36.5 Å². The first-order valence-corrected chi connectivity index (χ1v) is 8.03. The van der Waals surface area contributed by atoms with Crippen molar-refractivity contribution in [3.05, 3.63) is 42.2 Å². The molecule has 0 saturated carbocycles. The zero-order valence-electron chi connectivity index (χ0n) is 13.6. The van der Waals surface area contributed by atoms with Gasteiger partial charge in [0.25, 0.3) is 5.91 Å². The van der Waals surface area contributed by atoms with Crippen molar-refractivity contribution in [2.24, 2.45) is 0 Å². The molecular formula is C17H23N5O. The summed E-state index contributed by atoms with van der Waals surface area (Å²) in [5.41, 5.74) is 2.41. The number of aromatic nitrogens is 2. The zero-order chi connectivity index (χ0) is 16.2. The van der Waals surface area contributed by atoms with E-state index in [1.807, 2.05) is 18.2 Å². The summed E-state index contributed by atoms with van der Waals surface area (Å²) in [6.07, 6.45) is 1.57. The van der Waals surface area contributed by atoms with E-state index < -0.39 is 0 Å². The molecule has 1 amide bonds. The average molecular weight is 313 g/mol. The largest absolute Gasteiger partial charge is 0.369 e. The van der Waals surface area contributed by atoms with E-state index in [4.69, 9.17) is 0 Å². The Kier molecular flexibility index (Phi) is 4.62. The molecule has 1 aliphatic rings. The fourth-order valence-electron chi connectivity index (χ4n) is 2.86. The third kappa shape index (κ3) is 3.71. The Balaban J connectivity index is 1.65. The van der Waals surface area contributed by atoms with E-state index in [-0.39, 0.29) is 5.91 Å². The molecule has 1 aliphatic heterocycles. The fourth-order valence-corrected chi connectivity index (χ4v) is 2.86. The molecule has 0 spiro atoms. The number of piperazine rings is 1. The molecule has 0 unspecified atom stereocenters. The number of rotatable bonds is 4. The van der Waals surface area contributed by atoms with Crippen LogP contribution in [0.4, 0.5) is 11.4 Å². The standard InChI is InChI=1S/C17H23N5O/c1-13(2)21-8-10-22(11-9-21)15-5-3-4-14(12-15)19-17(23)16-6-7-18-20-16/h3-7,12-13H,8-11H2,1-2H3,(H,18,20)(H,19,23). The van der Waals surface area contributed by atoms with Crippen LogP contribution in [0.1, 0.15) is 24.3 Å². The maximum absolute atomic E-state index is 12.1. The highest BCUT2D eigenvalue weighted by atomic mass is 16.1. The second-order valence-electron chi connectivity index (χ2n) is 6.09. The van der Waals surface area contributed by atoms with Crippen LogP contribution in [0.25, 0.3) is 0 Å². The van der Waals surface area contributed by atoms with Crippen LogP contribution >= 0.6 is 0 Å². The average Bonchev–Trinajstić information content (AvgIpc) is 3.10. The Labute approximate surface area is 136 Å². The molecule has 6 nitrogen and oxygen atoms in total. The maximum Gasteiger partial charge on any atom is 0.273 e. The normalized spacial score (nSPS) is 15.9. The van der Waals surface area contributed by atoms with Gasteiger partial charge in [0.2, 0.25) is 0 Å². The second kappa shape index (κ2) is 6.83. The third-order valence-electron chi connectivity index (χ3n) is 4.26. The Bertz CT molecular complexity index is 645. The summed E-state index contributed by atoms with van der Waals surface area (Å²) in [6.45, 7) is 8.64. The molecule has 2 N–H and O–H groups in total. The topological polar surface area (TPSA) is 64.3 Å². The number of hydrogen-bond acceptors (Lipinski definition) is 4. The third-order valence-corrected chi connectivity index (χ3v) is 4.26. The molecular weight excluding hydrogens is 290 g/mol. The van der Waals surface area contributed by atoms with Crippen molar-refractivity contribution in [3.63, 3.8) is 0 Å². The molecule has 1 aromatic carbocycles. The highest BCUT2D eigenvalue weighted by Crippen LogP contribution is 2.21. The molecule has 122 valence electrons. The fraction of sp³-hybridized carbons (Fsp3) is 0.412. The van der Waals surface area contributed by atoms with Crippen LogP contribution in [0.3, 0.4) is 0 Å². The number of anilines is 2. The van der Waals surface area contributed by atoms with Crippen molar-refractivity contribution in [1.29, 1.82) is 0 Å². The lowest BCUT2D eigenvalue weighted by Gasteiger charge is -2.38. The van der Waals surface area contributed by atoms with Gasteiger partial charge in [-0.2, -0.15) is 5.10 Å². The Morgan fingerprint density at radius 3 is 2.65 bits per heavy atom. The van der Waals surface area contributed by atoms with Crippen LogP contribution in [-0.4, -0.2) is 53.2 Å². The number of carbonyl (C=O) groups is 1. The van der Waals surface area contributed by atoms with Gasteiger partial charge in [-0.25, -0.2) is 0 Å². The van der Waals surface area contributed by atoms with Crippen LogP contribution in [-0.2, 0) is 0 Å². The number of benzene rings is 1. The quantitative estimate of drug-likeness (QED) is 0.908. The molecule has 0 aliphatic carbocycles. The van der Waals surface area contributed by atoms with E-state index in [1.54, 1.807) is 12.3 Å². The molecule has 23 heavy (non-hydrogen) atoms. The number of nitrogens with one attached hydrogen (secondary N) is 2. The first-order valence-electron chi connectivity index (χ1n) is 8.03. The minimum absolute atomic E-state index is 0.177. The van der Waals surface area contributed by atoms with Gasteiger partial charge in [0, 0.05) is 49.8 Å². The predicted octanol–water partition coefficient (Wildman–Crippen LogP) is 2.19. The number of aromatic amines is 1. The minimum atomic E-state index is -0.177. The highest BCUT2D eigenvalue weighted by molar-refractivity contribution is 6.02. The Morgan fingerprint density at radius 1 is 1.22 bits per heavy atom. The smallest absolute Gasteiger partial charge is 0.273 e. The van der Waals surface area contributed by atoms with Crippen molar-refractivity contribution in [1.82, 2.24) is 15.1 Å². The van der Waals surface area contributed by atoms with Crippen molar-refractivity contribution < 1.29 is 4.79 Å². The van der Waals surface area contributed by atoms with Crippen LogP contribution in [0, 0.1) is 0 Å². The zero-order valence-corrected chi connectivity index (χ0v) is 13.6. The van der Waals surface area contributed by atoms with E-state index in [0.29, 0.717) is 11.7 Å². The summed E-state index contributed by atoms with van der Waals surface area (Å²) in [5.74, 6) is -0.177. The van der Waals surface area contributed by atoms with Gasteiger partial charge in [-0.05, 0) is 38.1 Å². The van der Waals surface area contributed by atoms with Gasteiger partial charge in [0.15, 0.2) is 0 Å². The molecule has 6 heteroatoms. The molecule has 0 bridgehead atoms. The van der Waals surface area contributed by atoms with E-state index in [1.165, 1.54) is 0 Å². The second-order valence-corrected chi connectivity index (χ2v) is 6.09. The molecule has 0 atom stereocenters. The maximum atomic E-state index is 12.1. The molecule has 2 aromatic rings. The predicted molar refractivity (Wildman–Crippen MR) is 91.9 cm³/mol. The summed E-state index contributed by atoms with van der Waals surface area (Å²) in [7, 11) is 0. The minimum Gasteiger partial charge on any atom is -0.369 e. The summed E-state index contributed by atoms with van der Waals surface area (Å²) in [5, 5.41) is 9.37. The lowest BCUT2D eigenvalue weighted by Crippen LogP contribution is -2.48. The van der Waals surface area contributed by atoms with Crippen LogP contribution in [0.2, 0.25) is 0 Å². The lowest BCUT2D eigenvalue weighted by molar-refractivity contribution is 0.102. The summed E-state index contributed by atoms with van der Waals surface area (Å²) in [6, 6.07) is 10.3. The van der Waals surface area contributed by atoms with Gasteiger partial charge in [-0.3, -0.25) is 14.8 Å². The van der Waals surface area contributed by atoms with Gasteiger partial charge in [0.05, 0.1) is 0 Å². The van der Waals surface area contributed by atoms with Crippen molar-refractivity contribution in [2.75, 3.05) is 36.4 Å². The molecule has 3 rings (SSSR count). The highest BCUT2D eigenvalue weighted by Gasteiger charge is 2.19. The summed E-state index contributed by atoms with van der Waals surface area (Å²) in [4.78, 5) is 16.9. The van der Waals surface area contributed by atoms with Crippen molar-refractivity contribution >= 4 is 17.3 Å². The number of nitrogens with zero attached hydrogens (tertiary/aromatic N) is 3. The molecule has 0 radical (unpaired) electrons. The monoisotopic (exact) mass is 313 g/mol. The number of carbonyl (C=O) groups excluding carboxylic acids is 1. The van der Waals surface area contributed by atoms with E-state index in [2.05, 4.69) is 45.2 Å². The first-order chi connectivity index (χ1) is 11.1. The summed E-state index contributed by atoms with van der Waals surface area (Å²) >= 11 is 0. The Hall–Kier alpha value is -2.34. The molecule has 1 aromatic heterocycles. The van der Waals surface area contributed by atoms with Crippen LogP contribution < -0.4 is 10.2 Å². The molecule has 2 heterocycles. The van der Waals surface area contributed by atoms with E-state index in [0.717, 1.165) is 37.6 Å². The van der Waals surface area contributed by atoms with Crippen molar-refractivity contribution in [2.45, 2.75) is 19.9 Å². The molecule has 1 saturated heterocycles. The van der Waals surface area contributed by atoms with Crippen LogP contribution in [0.5, 0.6) is 0 Å². The van der Waals surface area contributed by atoms with Gasteiger partial charge in [-0.15, -0.1) is 0 Å². The van der Waals surface area contributed by atoms with E-state index >= 15 is 0 Å². The number of H-pyrrole nitrogens is 1. The van der Waals surface area contributed by atoms with Crippen molar-refractivity contribution in [3.8, 4) is 0 Å². The first kappa shape index (κ1) is 15.6. The Morgan fingerprint density at radius 2 is 2.00 bits per heavy atom. The van der Waals surface area contributed by atoms with Gasteiger partial charge >= 0.3 is 0 Å². The SMILES string of the molecule is CC(C)N1CCN(c2cccc(NC(=O)c3ccn[nH]3)c2)CC1. The van der Waals surface area contributed by atoms with Gasteiger partial charge in [-0.1, -0.05) is 6.07 Å². The summed E-state index contributed by atoms with van der Waals surface area (Å²) < 4.78 is 0. The number of hydrogen-bond donors (Lipinski definition) is 2. The number of amides is 1. The lowest BCUT2D eigenvalue weighted by atomic mass is 10.2.